The molecule has 150 valence electrons. The first-order valence-corrected chi connectivity index (χ1v) is 10.1. The van der Waals surface area contributed by atoms with E-state index in [4.69, 9.17) is 9.47 Å². The van der Waals surface area contributed by atoms with Crippen LogP contribution in [0.25, 0.3) is 0 Å². The topological polar surface area (TPSA) is 71.1 Å². The average molecular weight is 404 g/mol. The Bertz CT molecular complexity index is 815. The second kappa shape index (κ2) is 9.57. The van der Waals surface area contributed by atoms with E-state index in [-0.39, 0.29) is 12.5 Å². The summed E-state index contributed by atoms with van der Waals surface area (Å²) in [5.41, 5.74) is 1.60. The Morgan fingerprint density at radius 1 is 1.14 bits per heavy atom. The number of hydrogen-bond acceptors (Lipinski definition) is 7. The highest BCUT2D eigenvalue weighted by Gasteiger charge is 2.22. The molecule has 1 amide bonds. The molecular weight excluding hydrogens is 378 g/mol. The molecule has 0 bridgehead atoms. The molecule has 0 radical (unpaired) electrons. The SMILES string of the molecule is CCOc1ccccc1N1CCN(CC(=O)Nc2ccsc2C(=O)OC)CC1. The number of piperazine rings is 1. The standard InChI is InChI=1S/C20H25N3O4S/c1-3-27-17-7-5-4-6-16(17)23-11-9-22(10-12-23)14-18(24)21-15-8-13-28-19(15)20(25)26-2/h4-8,13H,3,9-12,14H2,1-2H3,(H,21,24). The van der Waals surface area contributed by atoms with Crippen molar-refractivity contribution >= 4 is 34.6 Å². The molecule has 0 atom stereocenters. The molecule has 28 heavy (non-hydrogen) atoms. The molecule has 2 heterocycles. The minimum Gasteiger partial charge on any atom is -0.492 e. The van der Waals surface area contributed by atoms with Crippen molar-refractivity contribution in [2.45, 2.75) is 6.92 Å². The van der Waals surface area contributed by atoms with Gasteiger partial charge in [-0.3, -0.25) is 9.69 Å². The van der Waals surface area contributed by atoms with E-state index in [0.717, 1.165) is 37.6 Å². The second-order valence-corrected chi connectivity index (χ2v) is 7.28. The van der Waals surface area contributed by atoms with Gasteiger partial charge in [-0.2, -0.15) is 0 Å². The molecule has 0 saturated carbocycles. The lowest BCUT2D eigenvalue weighted by atomic mass is 10.2. The van der Waals surface area contributed by atoms with Crippen LogP contribution in [-0.4, -0.2) is 63.2 Å². The number of hydrogen-bond donors (Lipinski definition) is 1. The number of methoxy groups -OCH3 is 1. The highest BCUT2D eigenvalue weighted by atomic mass is 32.1. The molecule has 1 N–H and O–H groups in total. The highest BCUT2D eigenvalue weighted by molar-refractivity contribution is 7.12. The molecule has 2 aromatic rings. The third-order valence-electron chi connectivity index (χ3n) is 4.56. The van der Waals surface area contributed by atoms with Crippen LogP contribution in [-0.2, 0) is 9.53 Å². The van der Waals surface area contributed by atoms with Gasteiger partial charge < -0.3 is 19.7 Å². The van der Waals surface area contributed by atoms with E-state index in [9.17, 15) is 9.59 Å². The average Bonchev–Trinajstić information content (AvgIpc) is 3.16. The first kappa shape index (κ1) is 20.2. The van der Waals surface area contributed by atoms with Gasteiger partial charge in [0, 0.05) is 26.2 Å². The van der Waals surface area contributed by atoms with Crippen LogP contribution in [0.4, 0.5) is 11.4 Å². The zero-order valence-corrected chi connectivity index (χ0v) is 17.0. The van der Waals surface area contributed by atoms with Crippen molar-refractivity contribution in [3.05, 3.63) is 40.6 Å². The Morgan fingerprint density at radius 3 is 2.61 bits per heavy atom. The molecule has 1 aliphatic heterocycles. The number of carbonyl (C=O) groups is 2. The number of carbonyl (C=O) groups excluding carboxylic acids is 2. The van der Waals surface area contributed by atoms with Crippen molar-refractivity contribution in [1.29, 1.82) is 0 Å². The maximum Gasteiger partial charge on any atom is 0.350 e. The molecular formula is C20H25N3O4S. The molecule has 1 fully saturated rings. The van der Waals surface area contributed by atoms with Gasteiger partial charge in [0.1, 0.15) is 10.6 Å². The monoisotopic (exact) mass is 403 g/mol. The summed E-state index contributed by atoms with van der Waals surface area (Å²) in [7, 11) is 1.33. The molecule has 0 unspecified atom stereocenters. The Hall–Kier alpha value is -2.58. The summed E-state index contributed by atoms with van der Waals surface area (Å²) < 4.78 is 10.5. The number of nitrogens with zero attached hydrogens (tertiary/aromatic N) is 2. The number of esters is 1. The fourth-order valence-corrected chi connectivity index (χ4v) is 3.96. The van der Waals surface area contributed by atoms with Crippen LogP contribution in [0.1, 0.15) is 16.6 Å². The Kier molecular flexibility index (Phi) is 6.89. The summed E-state index contributed by atoms with van der Waals surface area (Å²) >= 11 is 1.25. The van der Waals surface area contributed by atoms with Gasteiger partial charge in [0.15, 0.2) is 0 Å². The number of ether oxygens (including phenoxy) is 2. The van der Waals surface area contributed by atoms with E-state index in [0.29, 0.717) is 17.2 Å². The minimum absolute atomic E-state index is 0.133. The summed E-state index contributed by atoms with van der Waals surface area (Å²) in [5.74, 6) is 0.322. The van der Waals surface area contributed by atoms with Crippen LogP contribution in [0.15, 0.2) is 35.7 Å². The van der Waals surface area contributed by atoms with Crippen LogP contribution in [0.3, 0.4) is 0 Å². The largest absolute Gasteiger partial charge is 0.492 e. The van der Waals surface area contributed by atoms with Crippen molar-refractivity contribution in [2.24, 2.45) is 0 Å². The molecule has 1 aromatic heterocycles. The van der Waals surface area contributed by atoms with Gasteiger partial charge in [0.2, 0.25) is 5.91 Å². The van der Waals surface area contributed by atoms with E-state index >= 15 is 0 Å². The predicted octanol–water partition coefficient (Wildman–Crippen LogP) is 2.69. The van der Waals surface area contributed by atoms with Gasteiger partial charge in [-0.15, -0.1) is 11.3 Å². The van der Waals surface area contributed by atoms with Crippen molar-refractivity contribution in [1.82, 2.24) is 4.90 Å². The molecule has 1 aromatic carbocycles. The van der Waals surface area contributed by atoms with Crippen molar-refractivity contribution in [2.75, 3.05) is 56.7 Å². The molecule has 1 saturated heterocycles. The normalized spacial score (nSPS) is 14.6. The molecule has 7 nitrogen and oxygen atoms in total. The van der Waals surface area contributed by atoms with Crippen LogP contribution in [0, 0.1) is 0 Å². The predicted molar refractivity (Wildman–Crippen MR) is 111 cm³/mol. The number of rotatable bonds is 7. The molecule has 1 aliphatic rings. The van der Waals surface area contributed by atoms with E-state index in [1.165, 1.54) is 18.4 Å². The summed E-state index contributed by atoms with van der Waals surface area (Å²) in [6.45, 7) is 6.10. The van der Waals surface area contributed by atoms with Gasteiger partial charge in [0.25, 0.3) is 0 Å². The first-order chi connectivity index (χ1) is 13.6. The maximum absolute atomic E-state index is 12.4. The van der Waals surface area contributed by atoms with Gasteiger partial charge in [-0.1, -0.05) is 12.1 Å². The summed E-state index contributed by atoms with van der Waals surface area (Å²) in [6, 6.07) is 9.76. The smallest absolute Gasteiger partial charge is 0.350 e. The van der Waals surface area contributed by atoms with Crippen molar-refractivity contribution in [3.63, 3.8) is 0 Å². The molecule has 0 spiro atoms. The third kappa shape index (κ3) is 4.82. The van der Waals surface area contributed by atoms with E-state index in [2.05, 4.69) is 21.2 Å². The van der Waals surface area contributed by atoms with Gasteiger partial charge in [-0.25, -0.2) is 4.79 Å². The van der Waals surface area contributed by atoms with E-state index in [1.54, 1.807) is 11.4 Å². The maximum atomic E-state index is 12.4. The van der Waals surface area contributed by atoms with E-state index < -0.39 is 5.97 Å². The van der Waals surface area contributed by atoms with Crippen LogP contribution >= 0.6 is 11.3 Å². The highest BCUT2D eigenvalue weighted by Crippen LogP contribution is 2.29. The molecule has 0 aliphatic carbocycles. The third-order valence-corrected chi connectivity index (χ3v) is 5.45. The van der Waals surface area contributed by atoms with Gasteiger partial charge in [-0.05, 0) is 30.5 Å². The number of anilines is 2. The Balaban J connectivity index is 1.53. The second-order valence-electron chi connectivity index (χ2n) is 6.37. The van der Waals surface area contributed by atoms with Crippen LogP contribution in [0.5, 0.6) is 5.75 Å². The lowest BCUT2D eigenvalue weighted by Gasteiger charge is -2.36. The fourth-order valence-electron chi connectivity index (χ4n) is 3.19. The Labute approximate surface area is 168 Å². The summed E-state index contributed by atoms with van der Waals surface area (Å²) in [6.07, 6.45) is 0. The zero-order chi connectivity index (χ0) is 19.9. The minimum atomic E-state index is -0.438. The number of para-hydroxylation sites is 2. The number of thiophene rings is 1. The first-order valence-electron chi connectivity index (χ1n) is 9.27. The van der Waals surface area contributed by atoms with Crippen LogP contribution in [0.2, 0.25) is 0 Å². The summed E-state index contributed by atoms with van der Waals surface area (Å²) in [4.78, 5) is 28.9. The van der Waals surface area contributed by atoms with Crippen LogP contribution < -0.4 is 15.0 Å². The van der Waals surface area contributed by atoms with Gasteiger partial charge in [0.05, 0.1) is 31.6 Å². The Morgan fingerprint density at radius 2 is 1.89 bits per heavy atom. The van der Waals surface area contributed by atoms with Gasteiger partial charge >= 0.3 is 5.97 Å². The lowest BCUT2D eigenvalue weighted by molar-refractivity contribution is -0.117. The quantitative estimate of drug-likeness (QED) is 0.717. The molecule has 3 rings (SSSR count). The van der Waals surface area contributed by atoms with E-state index in [1.807, 2.05) is 25.1 Å². The number of benzene rings is 1. The zero-order valence-electron chi connectivity index (χ0n) is 16.1. The van der Waals surface area contributed by atoms with Crippen molar-refractivity contribution in [3.8, 4) is 5.75 Å². The van der Waals surface area contributed by atoms with Crippen molar-refractivity contribution < 1.29 is 19.1 Å². The number of amides is 1. The number of nitrogens with one attached hydrogen (secondary N) is 1. The lowest BCUT2D eigenvalue weighted by Crippen LogP contribution is -2.48. The molecule has 8 heteroatoms. The fraction of sp³-hybridized carbons (Fsp3) is 0.400. The summed E-state index contributed by atoms with van der Waals surface area (Å²) in [5, 5.41) is 4.58.